The minimum atomic E-state index is -1.75. The number of hydrogen-bond donors (Lipinski definition) is 1. The summed E-state index contributed by atoms with van der Waals surface area (Å²) in [5.41, 5.74) is 0.123. The molecule has 1 aromatic rings. The van der Waals surface area contributed by atoms with Gasteiger partial charge in [-0.05, 0) is 12.1 Å². The fraction of sp³-hybridized carbons (Fsp3) is 0.111. The summed E-state index contributed by atoms with van der Waals surface area (Å²) in [6, 6.07) is 6.14. The third-order valence-electron chi connectivity index (χ3n) is 1.74. The molecule has 1 aromatic carbocycles. The molecular formula is C9H6O5. The number of para-hydroxylation sites is 1. The van der Waals surface area contributed by atoms with Gasteiger partial charge in [0.15, 0.2) is 0 Å². The Morgan fingerprint density at radius 1 is 1.21 bits per heavy atom. The van der Waals surface area contributed by atoms with Crippen molar-refractivity contribution < 1.29 is 24.2 Å². The zero-order chi connectivity index (χ0) is 10.1. The minimum absolute atomic E-state index is 0.123. The van der Waals surface area contributed by atoms with Gasteiger partial charge in [0.1, 0.15) is 11.3 Å². The molecule has 0 spiro atoms. The Morgan fingerprint density at radius 3 is 2.71 bits per heavy atom. The molecule has 1 aliphatic heterocycles. The number of benzene rings is 1. The fourth-order valence-electron chi connectivity index (χ4n) is 1.10. The van der Waals surface area contributed by atoms with E-state index in [0.717, 1.165) is 0 Å². The summed E-state index contributed by atoms with van der Waals surface area (Å²) >= 11 is 0. The summed E-state index contributed by atoms with van der Waals surface area (Å²) in [5, 5.41) is 9.07. The maximum atomic E-state index is 11.2. The molecule has 0 fully saturated rings. The van der Waals surface area contributed by atoms with E-state index in [1.54, 1.807) is 12.1 Å². The van der Waals surface area contributed by atoms with Crippen LogP contribution in [0.1, 0.15) is 10.4 Å². The lowest BCUT2D eigenvalue weighted by Crippen LogP contribution is -2.27. The van der Waals surface area contributed by atoms with E-state index in [-0.39, 0.29) is 11.3 Å². The summed E-state index contributed by atoms with van der Waals surface area (Å²) in [4.78, 5) is 22.1. The standard InChI is InChI=1S/C9H6O5/c10-7-5-3-1-2-4-6(5)13-8(11)9(12)14-7/h1-4,8,11H. The fourth-order valence-corrected chi connectivity index (χ4v) is 1.10. The van der Waals surface area contributed by atoms with Gasteiger partial charge in [0.05, 0.1) is 0 Å². The molecule has 1 atom stereocenters. The molecule has 0 bridgehead atoms. The van der Waals surface area contributed by atoms with Gasteiger partial charge in [0.2, 0.25) is 0 Å². The first-order chi connectivity index (χ1) is 6.68. The molecule has 1 heterocycles. The van der Waals surface area contributed by atoms with Gasteiger partial charge in [0, 0.05) is 0 Å². The molecule has 0 amide bonds. The predicted molar refractivity (Wildman–Crippen MR) is 43.5 cm³/mol. The topological polar surface area (TPSA) is 72.8 Å². The molecule has 0 aliphatic carbocycles. The van der Waals surface area contributed by atoms with Crippen LogP contribution in [0.3, 0.4) is 0 Å². The van der Waals surface area contributed by atoms with Gasteiger partial charge >= 0.3 is 11.9 Å². The average Bonchev–Trinajstić information content (AvgIpc) is 2.27. The van der Waals surface area contributed by atoms with Crippen LogP contribution in [0.4, 0.5) is 0 Å². The van der Waals surface area contributed by atoms with Crippen molar-refractivity contribution in [3.63, 3.8) is 0 Å². The van der Waals surface area contributed by atoms with Crippen molar-refractivity contribution in [2.45, 2.75) is 6.29 Å². The van der Waals surface area contributed by atoms with Crippen molar-refractivity contribution in [2.24, 2.45) is 0 Å². The van der Waals surface area contributed by atoms with E-state index >= 15 is 0 Å². The second kappa shape index (κ2) is 3.12. The van der Waals surface area contributed by atoms with Crippen LogP contribution in [0.15, 0.2) is 24.3 Å². The summed E-state index contributed by atoms with van der Waals surface area (Å²) in [7, 11) is 0. The molecule has 0 saturated heterocycles. The number of hydrogen-bond acceptors (Lipinski definition) is 5. The average molecular weight is 194 g/mol. The first-order valence-corrected chi connectivity index (χ1v) is 3.88. The predicted octanol–water partition coefficient (Wildman–Crippen LogP) is 0.0808. The van der Waals surface area contributed by atoms with E-state index in [4.69, 9.17) is 9.84 Å². The monoisotopic (exact) mass is 194 g/mol. The number of esters is 2. The summed E-state index contributed by atoms with van der Waals surface area (Å²) in [5.74, 6) is -1.79. The van der Waals surface area contributed by atoms with Crippen LogP contribution >= 0.6 is 0 Å². The maximum Gasteiger partial charge on any atom is 0.383 e. The lowest BCUT2D eigenvalue weighted by molar-refractivity contribution is -0.161. The molecule has 5 heteroatoms. The van der Waals surface area contributed by atoms with Crippen LogP contribution in [-0.2, 0) is 9.53 Å². The van der Waals surface area contributed by atoms with Crippen molar-refractivity contribution in [2.75, 3.05) is 0 Å². The molecule has 0 aromatic heterocycles. The lowest BCUT2D eigenvalue weighted by Gasteiger charge is -2.06. The van der Waals surface area contributed by atoms with Crippen molar-refractivity contribution in [1.29, 1.82) is 0 Å². The molecule has 0 radical (unpaired) electrons. The Hall–Kier alpha value is -1.88. The van der Waals surface area contributed by atoms with E-state index < -0.39 is 18.2 Å². The van der Waals surface area contributed by atoms with Crippen LogP contribution < -0.4 is 4.74 Å². The van der Waals surface area contributed by atoms with Crippen molar-refractivity contribution in [3.05, 3.63) is 29.8 Å². The molecule has 2 rings (SSSR count). The third-order valence-corrected chi connectivity index (χ3v) is 1.74. The number of rotatable bonds is 0. The van der Waals surface area contributed by atoms with Gasteiger partial charge in [-0.3, -0.25) is 0 Å². The highest BCUT2D eigenvalue weighted by atomic mass is 16.7. The highest BCUT2D eigenvalue weighted by Gasteiger charge is 2.29. The van der Waals surface area contributed by atoms with Gasteiger partial charge in [-0.1, -0.05) is 12.1 Å². The van der Waals surface area contributed by atoms with Gasteiger partial charge in [-0.15, -0.1) is 0 Å². The van der Waals surface area contributed by atoms with Crippen LogP contribution in [-0.4, -0.2) is 23.3 Å². The first kappa shape index (κ1) is 8.71. The Balaban J connectivity index is 2.48. The molecule has 1 unspecified atom stereocenters. The SMILES string of the molecule is O=C1OC(=O)C(O)Oc2ccccc21. The Kier molecular flexibility index (Phi) is 1.94. The normalized spacial score (nSPS) is 20.5. The summed E-state index contributed by atoms with van der Waals surface area (Å²) in [6.07, 6.45) is -1.75. The van der Waals surface area contributed by atoms with Crippen molar-refractivity contribution in [3.8, 4) is 5.75 Å². The lowest BCUT2D eigenvalue weighted by atomic mass is 10.2. The number of carbonyl (C=O) groups excluding carboxylic acids is 2. The second-order valence-electron chi connectivity index (χ2n) is 2.67. The highest BCUT2D eigenvalue weighted by Crippen LogP contribution is 2.22. The van der Waals surface area contributed by atoms with Gasteiger partial charge in [0.25, 0.3) is 6.29 Å². The zero-order valence-corrected chi connectivity index (χ0v) is 6.97. The van der Waals surface area contributed by atoms with Crippen LogP contribution in [0, 0.1) is 0 Å². The quantitative estimate of drug-likeness (QED) is 0.467. The van der Waals surface area contributed by atoms with Gasteiger partial charge in [-0.2, -0.15) is 0 Å². The largest absolute Gasteiger partial charge is 0.453 e. The van der Waals surface area contributed by atoms with E-state index in [1.807, 2.05) is 0 Å². The number of ether oxygens (including phenoxy) is 2. The highest BCUT2D eigenvalue weighted by molar-refractivity contribution is 6.00. The second-order valence-corrected chi connectivity index (χ2v) is 2.67. The van der Waals surface area contributed by atoms with Crippen molar-refractivity contribution >= 4 is 11.9 Å². The third kappa shape index (κ3) is 1.33. The molecule has 14 heavy (non-hydrogen) atoms. The zero-order valence-electron chi connectivity index (χ0n) is 6.97. The number of cyclic esters (lactones) is 2. The number of aliphatic hydroxyl groups excluding tert-OH is 1. The van der Waals surface area contributed by atoms with Crippen LogP contribution in [0.2, 0.25) is 0 Å². The molecule has 1 aliphatic rings. The Labute approximate surface area is 78.9 Å². The van der Waals surface area contributed by atoms with Crippen LogP contribution in [0.25, 0.3) is 0 Å². The van der Waals surface area contributed by atoms with Crippen LogP contribution in [0.5, 0.6) is 5.75 Å². The molecule has 1 N–H and O–H groups in total. The van der Waals surface area contributed by atoms with Gasteiger partial charge in [-0.25, -0.2) is 9.59 Å². The molecule has 72 valence electrons. The molecule has 5 nitrogen and oxygen atoms in total. The van der Waals surface area contributed by atoms with Crippen molar-refractivity contribution in [1.82, 2.24) is 0 Å². The van der Waals surface area contributed by atoms with E-state index in [9.17, 15) is 9.59 Å². The number of carbonyl (C=O) groups is 2. The van der Waals surface area contributed by atoms with E-state index in [2.05, 4.69) is 4.74 Å². The first-order valence-electron chi connectivity index (χ1n) is 3.88. The Morgan fingerprint density at radius 2 is 1.93 bits per heavy atom. The number of aliphatic hydroxyl groups is 1. The molecule has 0 saturated carbocycles. The van der Waals surface area contributed by atoms with E-state index in [1.165, 1.54) is 12.1 Å². The minimum Gasteiger partial charge on any atom is -0.453 e. The summed E-state index contributed by atoms with van der Waals surface area (Å²) < 4.78 is 9.10. The summed E-state index contributed by atoms with van der Waals surface area (Å²) in [6.45, 7) is 0. The van der Waals surface area contributed by atoms with E-state index in [0.29, 0.717) is 0 Å². The smallest absolute Gasteiger partial charge is 0.383 e. The molecular weight excluding hydrogens is 188 g/mol. The van der Waals surface area contributed by atoms with Gasteiger partial charge < -0.3 is 14.6 Å². The Bertz CT molecular complexity index is 398. The maximum absolute atomic E-state index is 11.2. The number of fused-ring (bicyclic) bond motifs is 1.